The fraction of sp³-hybridized carbons (Fsp3) is 0. The number of rotatable bonds is 2. The highest BCUT2D eigenvalue weighted by atomic mass is 35.7. The van der Waals surface area contributed by atoms with Gasteiger partial charge in [-0.2, -0.15) is 19.0 Å². The molecule has 1 N–H and O–H groups in total. The summed E-state index contributed by atoms with van der Waals surface area (Å²) in [6, 6.07) is 0. The number of nitrogens with zero attached hydrogens (tertiary/aromatic N) is 3. The van der Waals surface area contributed by atoms with Gasteiger partial charge in [-0.25, -0.2) is 9.97 Å². The van der Waals surface area contributed by atoms with Crippen LogP contribution in [0.5, 0.6) is 5.88 Å². The Morgan fingerprint density at radius 1 is 1.21 bits per heavy atom. The Hall–Kier alpha value is -1.48. The van der Waals surface area contributed by atoms with Crippen molar-refractivity contribution < 1.29 is 28.5 Å². The number of aromatic nitrogens is 4. The van der Waals surface area contributed by atoms with Crippen molar-refractivity contribution in [3.05, 3.63) is 12.7 Å². The molecule has 14 heavy (non-hydrogen) atoms. The molecule has 0 amide bonds. The molecule has 74 valence electrons. The second-order valence-corrected chi connectivity index (χ2v) is 3.15. The summed E-state index contributed by atoms with van der Waals surface area (Å²) < 4.78 is 34.8. The molecule has 0 radical (unpaired) electrons. The maximum absolute atomic E-state index is 10.3. The molecule has 9 heteroatoms. The maximum Gasteiger partial charge on any atom is 0.409 e. The average molecular weight is 219 g/mol. The summed E-state index contributed by atoms with van der Waals surface area (Å²) in [5, 5.41) is 0. The highest BCUT2D eigenvalue weighted by Crippen LogP contribution is 2.18. The number of nitrogens with one attached hydrogen (secondary N) is 1. The molecule has 2 aromatic heterocycles. The van der Waals surface area contributed by atoms with E-state index in [2.05, 4.69) is 24.2 Å². The van der Waals surface area contributed by atoms with Crippen molar-refractivity contribution >= 4 is 11.2 Å². The number of aromatic amines is 1. The Morgan fingerprint density at radius 3 is 2.71 bits per heavy atom. The van der Waals surface area contributed by atoms with Gasteiger partial charge in [0.15, 0.2) is 11.2 Å². The van der Waals surface area contributed by atoms with E-state index >= 15 is 0 Å². The van der Waals surface area contributed by atoms with Gasteiger partial charge in [0.2, 0.25) is 0 Å². The molecule has 0 saturated heterocycles. The van der Waals surface area contributed by atoms with Gasteiger partial charge in [0.25, 0.3) is 0 Å². The highest BCUT2D eigenvalue weighted by Gasteiger charge is 2.24. The van der Waals surface area contributed by atoms with Gasteiger partial charge in [-0.15, -0.1) is 0 Å². The lowest BCUT2D eigenvalue weighted by molar-refractivity contribution is -1.91. The summed E-state index contributed by atoms with van der Waals surface area (Å²) in [4.78, 5) is 13.4. The second-order valence-electron chi connectivity index (χ2n) is 2.24. The first-order chi connectivity index (χ1) is 6.56. The number of imidazole rings is 1. The number of H-pyrrole nitrogens is 1. The lowest BCUT2D eigenvalue weighted by atomic mass is 10.5. The molecule has 0 aliphatic heterocycles. The van der Waals surface area contributed by atoms with Crippen LogP contribution >= 0.6 is 0 Å². The third-order valence-corrected chi connectivity index (χ3v) is 1.69. The number of hydrogen-bond acceptors (Lipinski definition) is 7. The predicted octanol–water partition coefficient (Wildman–Crippen LogP) is -3.37. The number of halogens is 1. The molecular weight excluding hydrogens is 216 g/mol. The van der Waals surface area contributed by atoms with Crippen LogP contribution in [0, 0.1) is 10.2 Å². The van der Waals surface area contributed by atoms with Crippen LogP contribution in [-0.2, 0) is 0 Å². The van der Waals surface area contributed by atoms with Gasteiger partial charge in [0, 0.05) is 0 Å². The van der Waals surface area contributed by atoms with E-state index in [1.54, 1.807) is 0 Å². The molecule has 0 unspecified atom stereocenters. The van der Waals surface area contributed by atoms with Crippen LogP contribution in [0.1, 0.15) is 0 Å². The van der Waals surface area contributed by atoms with Gasteiger partial charge in [-0.3, -0.25) is 0 Å². The molecule has 8 nitrogen and oxygen atoms in total. The van der Waals surface area contributed by atoms with E-state index in [-0.39, 0.29) is 17.0 Å². The van der Waals surface area contributed by atoms with Crippen molar-refractivity contribution in [1.29, 1.82) is 0 Å². The van der Waals surface area contributed by atoms with Crippen LogP contribution in [0.3, 0.4) is 0 Å². The molecule has 0 bridgehead atoms. The van der Waals surface area contributed by atoms with Crippen LogP contribution in [-0.4, -0.2) is 19.9 Å². The minimum Gasteiger partial charge on any atom is -0.338 e. The maximum atomic E-state index is 10.3. The van der Waals surface area contributed by atoms with Crippen molar-refractivity contribution in [3.63, 3.8) is 0 Å². The van der Waals surface area contributed by atoms with Crippen molar-refractivity contribution in [2.75, 3.05) is 0 Å². The Morgan fingerprint density at radius 2 is 2.00 bits per heavy atom. The third-order valence-electron chi connectivity index (χ3n) is 1.36. The first-order valence-electron chi connectivity index (χ1n) is 3.31. The second kappa shape index (κ2) is 3.03. The Labute approximate surface area is 78.9 Å². The molecule has 2 aromatic rings. The predicted molar refractivity (Wildman–Crippen MR) is 32.3 cm³/mol. The summed E-state index contributed by atoms with van der Waals surface area (Å²) in [7, 11) is -4.56. The summed E-state index contributed by atoms with van der Waals surface area (Å²) in [6.07, 6.45) is 2.32. The molecule has 0 aliphatic rings. The zero-order valence-corrected chi connectivity index (χ0v) is 7.26. The summed E-state index contributed by atoms with van der Waals surface area (Å²) >= 11 is 0. The molecule has 0 atom stereocenters. The number of fused-ring (bicyclic) bond motifs is 1. The van der Waals surface area contributed by atoms with Crippen LogP contribution in [0.25, 0.3) is 11.2 Å². The monoisotopic (exact) mass is 218 g/mol. The Kier molecular flexibility index (Phi) is 1.97. The summed E-state index contributed by atoms with van der Waals surface area (Å²) in [5.74, 6) is -0.371. The third kappa shape index (κ3) is 1.72. The van der Waals surface area contributed by atoms with Crippen molar-refractivity contribution in [2.24, 2.45) is 0 Å². The van der Waals surface area contributed by atoms with E-state index in [1.807, 2.05) is 0 Å². The van der Waals surface area contributed by atoms with E-state index in [0.717, 1.165) is 6.33 Å². The average Bonchev–Trinajstić information content (AvgIpc) is 2.49. The van der Waals surface area contributed by atoms with Gasteiger partial charge >= 0.3 is 5.88 Å². The van der Waals surface area contributed by atoms with Gasteiger partial charge in [-0.05, 0) is 4.29 Å². The number of hydrogen-bond donors (Lipinski definition) is 1. The van der Waals surface area contributed by atoms with E-state index in [9.17, 15) is 14.0 Å². The molecule has 0 spiro atoms. The minimum atomic E-state index is -4.56. The zero-order valence-electron chi connectivity index (χ0n) is 6.51. The topological polar surface area (TPSA) is 133 Å². The smallest absolute Gasteiger partial charge is 0.338 e. The first kappa shape index (κ1) is 9.09. The lowest BCUT2D eigenvalue weighted by Gasteiger charge is -2.10. The molecular formula is C5H3ClN4O4. The SMILES string of the molecule is [O-][Cl+3]([O-])([O-])Oc1ncnc2nc[nH]c12. The summed E-state index contributed by atoms with van der Waals surface area (Å²) in [5.41, 5.74) is 0.369. The normalized spacial score (nSPS) is 11.9. The van der Waals surface area contributed by atoms with E-state index in [1.165, 1.54) is 6.33 Å². The largest absolute Gasteiger partial charge is 0.409 e. The van der Waals surface area contributed by atoms with Crippen LogP contribution < -0.4 is 18.3 Å². The van der Waals surface area contributed by atoms with Gasteiger partial charge in [-0.1, -0.05) is 0 Å². The van der Waals surface area contributed by atoms with E-state index in [0.29, 0.717) is 0 Å². The van der Waals surface area contributed by atoms with Crippen molar-refractivity contribution in [3.8, 4) is 5.88 Å². The molecule has 0 saturated carbocycles. The van der Waals surface area contributed by atoms with Crippen LogP contribution in [0.2, 0.25) is 0 Å². The Balaban J connectivity index is 2.46. The standard InChI is InChI=1S/C5H3ClN4O4/c11-6(12,13)14-5-3-4(8-1-7-3)9-2-10-5/h1-2H,(H,7,8,9,10). The van der Waals surface area contributed by atoms with Crippen LogP contribution in [0.4, 0.5) is 0 Å². The Bertz CT molecular complexity index is 452. The molecule has 2 rings (SSSR count). The fourth-order valence-electron chi connectivity index (χ4n) is 0.891. The molecule has 0 aliphatic carbocycles. The first-order valence-corrected chi connectivity index (χ1v) is 4.54. The molecule has 0 fully saturated rings. The minimum absolute atomic E-state index is 0.152. The molecule has 2 heterocycles. The summed E-state index contributed by atoms with van der Waals surface area (Å²) in [6.45, 7) is 0. The van der Waals surface area contributed by atoms with E-state index in [4.69, 9.17) is 0 Å². The zero-order chi connectivity index (χ0) is 10.2. The van der Waals surface area contributed by atoms with E-state index < -0.39 is 10.2 Å². The van der Waals surface area contributed by atoms with Crippen molar-refractivity contribution in [2.45, 2.75) is 0 Å². The lowest BCUT2D eigenvalue weighted by Crippen LogP contribution is -2.63. The van der Waals surface area contributed by atoms with Gasteiger partial charge < -0.3 is 4.98 Å². The van der Waals surface area contributed by atoms with Crippen molar-refractivity contribution in [1.82, 2.24) is 19.9 Å². The van der Waals surface area contributed by atoms with Crippen LogP contribution in [0.15, 0.2) is 12.7 Å². The highest BCUT2D eigenvalue weighted by molar-refractivity contribution is 5.74. The fourth-order valence-corrected chi connectivity index (χ4v) is 1.19. The quantitative estimate of drug-likeness (QED) is 0.556. The van der Waals surface area contributed by atoms with Gasteiger partial charge in [0.1, 0.15) is 16.6 Å². The van der Waals surface area contributed by atoms with Gasteiger partial charge in [0.05, 0.1) is 6.33 Å². The molecule has 0 aromatic carbocycles.